The predicted molar refractivity (Wildman–Crippen MR) is 50.7 cm³/mol. The van der Waals surface area contributed by atoms with Gasteiger partial charge in [0.2, 0.25) is 0 Å². The molecule has 0 saturated heterocycles. The lowest BCUT2D eigenvalue weighted by molar-refractivity contribution is 0.405. The summed E-state index contributed by atoms with van der Waals surface area (Å²) in [5.41, 5.74) is 0.247. The van der Waals surface area contributed by atoms with Crippen molar-refractivity contribution in [2.75, 3.05) is 7.11 Å². The highest BCUT2D eigenvalue weighted by molar-refractivity contribution is 8.13. The fraction of sp³-hybridized carbons (Fsp3) is 0.250. The van der Waals surface area contributed by atoms with Crippen molar-refractivity contribution in [3.8, 4) is 5.75 Å². The van der Waals surface area contributed by atoms with Crippen molar-refractivity contribution in [2.45, 2.75) is 11.8 Å². The fourth-order valence-corrected chi connectivity index (χ4v) is 1.74. The molecule has 14 heavy (non-hydrogen) atoms. The fourth-order valence-electron chi connectivity index (χ4n) is 0.983. The summed E-state index contributed by atoms with van der Waals surface area (Å²) in [5, 5.41) is 0. The molecular formula is C8H8ClFO3S. The summed E-state index contributed by atoms with van der Waals surface area (Å²) in [6.45, 7) is 1.48. The Labute approximate surface area is 85.9 Å². The summed E-state index contributed by atoms with van der Waals surface area (Å²) in [4.78, 5) is -0.306. The van der Waals surface area contributed by atoms with E-state index in [4.69, 9.17) is 15.4 Å². The molecule has 0 amide bonds. The Morgan fingerprint density at radius 3 is 2.43 bits per heavy atom. The molecular weight excluding hydrogens is 231 g/mol. The van der Waals surface area contributed by atoms with E-state index in [9.17, 15) is 12.8 Å². The molecule has 6 heteroatoms. The molecule has 0 heterocycles. The Kier molecular flexibility index (Phi) is 3.01. The van der Waals surface area contributed by atoms with Crippen molar-refractivity contribution >= 4 is 19.7 Å². The van der Waals surface area contributed by atoms with Crippen LogP contribution in [0.1, 0.15) is 5.56 Å². The third-order valence-electron chi connectivity index (χ3n) is 1.77. The maximum Gasteiger partial charge on any atom is 0.261 e. The molecule has 0 aromatic heterocycles. The van der Waals surface area contributed by atoms with E-state index in [1.54, 1.807) is 0 Å². The van der Waals surface area contributed by atoms with Crippen LogP contribution >= 0.6 is 10.7 Å². The van der Waals surface area contributed by atoms with Gasteiger partial charge in [-0.15, -0.1) is 0 Å². The number of halogens is 2. The Balaban J connectivity index is 3.46. The number of hydrogen-bond donors (Lipinski definition) is 0. The van der Waals surface area contributed by atoms with E-state index < -0.39 is 14.9 Å². The molecule has 0 N–H and O–H groups in total. The highest BCUT2D eigenvalue weighted by atomic mass is 35.7. The van der Waals surface area contributed by atoms with Crippen LogP contribution in [0.5, 0.6) is 5.75 Å². The third kappa shape index (κ3) is 2.16. The molecule has 0 saturated carbocycles. The molecule has 1 aromatic rings. The van der Waals surface area contributed by atoms with Gasteiger partial charge in [0.05, 0.1) is 12.0 Å². The standard InChI is InChI=1S/C8H8ClFO3S/c1-5-7(10)3-6(14(9,11)12)4-8(5)13-2/h3-4H,1-2H3. The first kappa shape index (κ1) is 11.3. The zero-order valence-corrected chi connectivity index (χ0v) is 9.12. The summed E-state index contributed by atoms with van der Waals surface area (Å²) in [6, 6.07) is 2.04. The van der Waals surface area contributed by atoms with Crippen LogP contribution in [-0.2, 0) is 9.05 Å². The van der Waals surface area contributed by atoms with Crippen LogP contribution in [0.15, 0.2) is 17.0 Å². The summed E-state index contributed by atoms with van der Waals surface area (Å²) >= 11 is 0. The normalized spacial score (nSPS) is 11.4. The minimum Gasteiger partial charge on any atom is -0.496 e. The maximum atomic E-state index is 13.2. The Morgan fingerprint density at radius 1 is 1.43 bits per heavy atom. The van der Waals surface area contributed by atoms with Crippen molar-refractivity contribution in [2.24, 2.45) is 0 Å². The first-order valence-electron chi connectivity index (χ1n) is 3.65. The van der Waals surface area contributed by atoms with E-state index in [1.165, 1.54) is 20.1 Å². The molecule has 0 aliphatic rings. The van der Waals surface area contributed by atoms with E-state index in [1.807, 2.05) is 0 Å². The molecule has 1 aromatic carbocycles. The number of rotatable bonds is 2. The van der Waals surface area contributed by atoms with Gasteiger partial charge in [0, 0.05) is 22.3 Å². The van der Waals surface area contributed by atoms with E-state index >= 15 is 0 Å². The minimum atomic E-state index is -3.92. The second-order valence-corrected chi connectivity index (χ2v) is 5.24. The van der Waals surface area contributed by atoms with Crippen LogP contribution < -0.4 is 4.74 Å². The Hall–Kier alpha value is -0.810. The van der Waals surface area contributed by atoms with Crippen LogP contribution in [-0.4, -0.2) is 15.5 Å². The molecule has 0 aliphatic heterocycles. The second-order valence-electron chi connectivity index (χ2n) is 2.67. The monoisotopic (exact) mass is 238 g/mol. The SMILES string of the molecule is COc1cc(S(=O)(=O)Cl)cc(F)c1C. The maximum absolute atomic E-state index is 13.2. The van der Waals surface area contributed by atoms with Gasteiger partial charge in [0.1, 0.15) is 11.6 Å². The second kappa shape index (κ2) is 3.74. The van der Waals surface area contributed by atoms with Crippen molar-refractivity contribution in [1.82, 2.24) is 0 Å². The topological polar surface area (TPSA) is 43.4 Å². The van der Waals surface area contributed by atoms with Crippen LogP contribution in [0, 0.1) is 12.7 Å². The van der Waals surface area contributed by atoms with Gasteiger partial charge in [-0.2, -0.15) is 0 Å². The van der Waals surface area contributed by atoms with Crippen molar-refractivity contribution < 1.29 is 17.5 Å². The summed E-state index contributed by atoms with van der Waals surface area (Å²) < 4.78 is 39.8. The summed E-state index contributed by atoms with van der Waals surface area (Å²) in [6.07, 6.45) is 0. The minimum absolute atomic E-state index is 0.157. The average molecular weight is 239 g/mol. The average Bonchev–Trinajstić information content (AvgIpc) is 2.07. The van der Waals surface area contributed by atoms with Crippen LogP contribution in [0.3, 0.4) is 0 Å². The molecule has 78 valence electrons. The van der Waals surface area contributed by atoms with Crippen LogP contribution in [0.25, 0.3) is 0 Å². The van der Waals surface area contributed by atoms with Crippen LogP contribution in [0.2, 0.25) is 0 Å². The number of benzene rings is 1. The largest absolute Gasteiger partial charge is 0.496 e. The van der Waals surface area contributed by atoms with Gasteiger partial charge in [0.15, 0.2) is 0 Å². The molecule has 0 fully saturated rings. The van der Waals surface area contributed by atoms with Gasteiger partial charge < -0.3 is 4.74 Å². The molecule has 0 aliphatic carbocycles. The Morgan fingerprint density at radius 2 is 2.00 bits per heavy atom. The van der Waals surface area contributed by atoms with Gasteiger partial charge in [-0.1, -0.05) is 0 Å². The molecule has 3 nitrogen and oxygen atoms in total. The zero-order chi connectivity index (χ0) is 10.9. The quantitative estimate of drug-likeness (QED) is 0.741. The third-order valence-corrected chi connectivity index (χ3v) is 3.10. The lowest BCUT2D eigenvalue weighted by Crippen LogP contribution is -1.97. The van der Waals surface area contributed by atoms with E-state index in [2.05, 4.69) is 0 Å². The predicted octanol–water partition coefficient (Wildman–Crippen LogP) is 2.07. The van der Waals surface area contributed by atoms with Crippen molar-refractivity contribution in [3.63, 3.8) is 0 Å². The van der Waals surface area contributed by atoms with E-state index in [0.29, 0.717) is 0 Å². The highest BCUT2D eigenvalue weighted by Gasteiger charge is 2.15. The number of ether oxygens (including phenoxy) is 1. The highest BCUT2D eigenvalue weighted by Crippen LogP contribution is 2.26. The van der Waals surface area contributed by atoms with E-state index in [-0.39, 0.29) is 16.2 Å². The number of methoxy groups -OCH3 is 1. The molecule has 0 atom stereocenters. The molecule has 0 bridgehead atoms. The first-order valence-corrected chi connectivity index (χ1v) is 5.96. The van der Waals surface area contributed by atoms with Crippen molar-refractivity contribution in [3.05, 3.63) is 23.5 Å². The van der Waals surface area contributed by atoms with Crippen LogP contribution in [0.4, 0.5) is 4.39 Å². The molecule has 0 spiro atoms. The van der Waals surface area contributed by atoms with Gasteiger partial charge in [-0.25, -0.2) is 12.8 Å². The van der Waals surface area contributed by atoms with Gasteiger partial charge >= 0.3 is 0 Å². The molecule has 1 rings (SSSR count). The molecule has 0 radical (unpaired) electrons. The lowest BCUT2D eigenvalue weighted by atomic mass is 10.2. The molecule has 0 unspecified atom stereocenters. The summed E-state index contributed by atoms with van der Waals surface area (Å²) in [7, 11) is 2.47. The van der Waals surface area contributed by atoms with E-state index in [0.717, 1.165) is 6.07 Å². The number of hydrogen-bond acceptors (Lipinski definition) is 3. The summed E-state index contributed by atoms with van der Waals surface area (Å²) in [5.74, 6) is -0.507. The smallest absolute Gasteiger partial charge is 0.261 e. The van der Waals surface area contributed by atoms with Gasteiger partial charge in [0.25, 0.3) is 9.05 Å². The first-order chi connectivity index (χ1) is 6.36. The lowest BCUT2D eigenvalue weighted by Gasteiger charge is -2.06. The van der Waals surface area contributed by atoms with Gasteiger partial charge in [-0.3, -0.25) is 0 Å². The zero-order valence-electron chi connectivity index (χ0n) is 7.54. The van der Waals surface area contributed by atoms with Gasteiger partial charge in [-0.05, 0) is 13.0 Å². The van der Waals surface area contributed by atoms with Crippen molar-refractivity contribution in [1.29, 1.82) is 0 Å². The Bertz CT molecular complexity index is 456.